The largest absolute Gasteiger partial charge is 0.338 e. The third kappa shape index (κ3) is 3.04. The number of anilines is 1. The van der Waals surface area contributed by atoms with Crippen LogP contribution in [0, 0.1) is 0 Å². The fourth-order valence-electron chi connectivity index (χ4n) is 2.22. The van der Waals surface area contributed by atoms with Crippen molar-refractivity contribution in [2.75, 3.05) is 18.4 Å². The Morgan fingerprint density at radius 2 is 1.86 bits per heavy atom. The highest BCUT2D eigenvalue weighted by atomic mass is 16.2. The van der Waals surface area contributed by atoms with Crippen LogP contribution in [0.25, 0.3) is 0 Å². The lowest BCUT2D eigenvalue weighted by atomic mass is 10.1. The quantitative estimate of drug-likeness (QED) is 0.816. The van der Waals surface area contributed by atoms with Gasteiger partial charge in [0, 0.05) is 18.8 Å². The van der Waals surface area contributed by atoms with Gasteiger partial charge in [0.25, 0.3) is 11.8 Å². The smallest absolute Gasteiger partial charge is 0.319 e. The summed E-state index contributed by atoms with van der Waals surface area (Å²) in [5, 5.41) is 5.24. The number of hydrogen-bond donors (Lipinski definition) is 2. The second-order valence-electron chi connectivity index (χ2n) is 4.86. The van der Waals surface area contributed by atoms with Crippen LogP contribution < -0.4 is 10.6 Å². The van der Waals surface area contributed by atoms with Gasteiger partial charge in [0.1, 0.15) is 0 Å². The molecule has 2 rings (SSSR count). The first kappa shape index (κ1) is 15.0. The average molecular weight is 289 g/mol. The summed E-state index contributed by atoms with van der Waals surface area (Å²) in [6.07, 6.45) is 1.70. The Balaban J connectivity index is 2.19. The van der Waals surface area contributed by atoms with Crippen LogP contribution in [0.15, 0.2) is 18.2 Å². The van der Waals surface area contributed by atoms with E-state index in [1.807, 2.05) is 13.8 Å². The Labute approximate surface area is 123 Å². The van der Waals surface area contributed by atoms with E-state index in [2.05, 4.69) is 10.6 Å². The number of nitrogens with zero attached hydrogens (tertiary/aromatic N) is 1. The molecular formula is C15H19N3O3. The first-order valence-corrected chi connectivity index (χ1v) is 7.13. The molecule has 0 radical (unpaired) electrons. The summed E-state index contributed by atoms with van der Waals surface area (Å²) in [4.78, 5) is 37.2. The number of benzene rings is 1. The minimum absolute atomic E-state index is 0.256. The summed E-state index contributed by atoms with van der Waals surface area (Å²) in [7, 11) is 0. The highest BCUT2D eigenvalue weighted by Gasteiger charge is 2.35. The number of imide groups is 1. The van der Waals surface area contributed by atoms with Crippen LogP contribution in [0.4, 0.5) is 10.5 Å². The van der Waals surface area contributed by atoms with Crippen molar-refractivity contribution >= 4 is 23.5 Å². The maximum Gasteiger partial charge on any atom is 0.319 e. The normalized spacial score (nSPS) is 13.3. The Kier molecular flexibility index (Phi) is 4.57. The zero-order chi connectivity index (χ0) is 15.4. The topological polar surface area (TPSA) is 78.5 Å². The van der Waals surface area contributed by atoms with Gasteiger partial charge in [-0.2, -0.15) is 0 Å². The van der Waals surface area contributed by atoms with Gasteiger partial charge in [-0.3, -0.25) is 14.5 Å². The highest BCUT2D eigenvalue weighted by Crippen LogP contribution is 2.26. The molecule has 0 saturated heterocycles. The number of carbonyl (C=O) groups is 3. The summed E-state index contributed by atoms with van der Waals surface area (Å²) >= 11 is 0. The molecule has 0 fully saturated rings. The molecule has 21 heavy (non-hydrogen) atoms. The standard InChI is InChI=1S/C15H19N3O3/c1-3-5-8-18-13(19)11-7-6-10(9-12(11)14(18)20)17-15(21)16-4-2/h6-7,9H,3-5,8H2,1-2H3,(H2,16,17,21). The second-order valence-corrected chi connectivity index (χ2v) is 4.86. The van der Waals surface area contributed by atoms with Crippen LogP contribution in [0.5, 0.6) is 0 Å². The monoisotopic (exact) mass is 289 g/mol. The van der Waals surface area contributed by atoms with Gasteiger partial charge in [0.15, 0.2) is 0 Å². The number of amides is 4. The van der Waals surface area contributed by atoms with E-state index in [1.54, 1.807) is 18.2 Å². The first-order chi connectivity index (χ1) is 10.1. The van der Waals surface area contributed by atoms with Crippen molar-refractivity contribution in [1.82, 2.24) is 10.2 Å². The van der Waals surface area contributed by atoms with Crippen molar-refractivity contribution in [1.29, 1.82) is 0 Å². The Morgan fingerprint density at radius 3 is 2.52 bits per heavy atom. The molecule has 4 amide bonds. The third-order valence-corrected chi connectivity index (χ3v) is 3.30. The Morgan fingerprint density at radius 1 is 1.14 bits per heavy atom. The molecule has 0 bridgehead atoms. The van der Waals surface area contributed by atoms with Crippen LogP contribution in [-0.4, -0.2) is 35.8 Å². The van der Waals surface area contributed by atoms with Crippen molar-refractivity contribution in [3.05, 3.63) is 29.3 Å². The molecule has 0 spiro atoms. The Hall–Kier alpha value is -2.37. The van der Waals surface area contributed by atoms with Crippen LogP contribution in [0.1, 0.15) is 47.4 Å². The van der Waals surface area contributed by atoms with E-state index < -0.39 is 0 Å². The van der Waals surface area contributed by atoms with Crippen LogP contribution >= 0.6 is 0 Å². The fourth-order valence-corrected chi connectivity index (χ4v) is 2.22. The number of hydrogen-bond acceptors (Lipinski definition) is 3. The lowest BCUT2D eigenvalue weighted by molar-refractivity contribution is 0.0652. The number of nitrogens with one attached hydrogen (secondary N) is 2. The maximum absolute atomic E-state index is 12.3. The molecule has 6 nitrogen and oxygen atoms in total. The van der Waals surface area contributed by atoms with Crippen molar-refractivity contribution in [3.8, 4) is 0 Å². The van der Waals surface area contributed by atoms with E-state index in [9.17, 15) is 14.4 Å². The molecule has 1 aromatic rings. The van der Waals surface area contributed by atoms with Gasteiger partial charge in [-0.05, 0) is 31.5 Å². The summed E-state index contributed by atoms with van der Waals surface area (Å²) in [6, 6.07) is 4.43. The molecular weight excluding hydrogens is 270 g/mol. The van der Waals surface area contributed by atoms with Gasteiger partial charge in [-0.1, -0.05) is 13.3 Å². The molecule has 0 aromatic heterocycles. The SMILES string of the molecule is CCCCN1C(=O)c2ccc(NC(=O)NCC)cc2C1=O. The van der Waals surface area contributed by atoms with Crippen LogP contribution in [0.2, 0.25) is 0 Å². The predicted molar refractivity (Wildman–Crippen MR) is 79.4 cm³/mol. The van der Waals surface area contributed by atoms with Gasteiger partial charge in [0.2, 0.25) is 0 Å². The zero-order valence-corrected chi connectivity index (χ0v) is 12.2. The van der Waals surface area contributed by atoms with E-state index in [-0.39, 0.29) is 17.8 Å². The highest BCUT2D eigenvalue weighted by molar-refractivity contribution is 6.21. The van der Waals surface area contributed by atoms with Gasteiger partial charge in [-0.25, -0.2) is 4.79 Å². The molecule has 0 aliphatic carbocycles. The molecule has 112 valence electrons. The van der Waals surface area contributed by atoms with E-state index in [1.165, 1.54) is 4.90 Å². The summed E-state index contributed by atoms with van der Waals surface area (Å²) in [5.74, 6) is -0.545. The molecule has 1 aliphatic heterocycles. The van der Waals surface area contributed by atoms with E-state index in [0.717, 1.165) is 12.8 Å². The number of unbranched alkanes of at least 4 members (excludes halogenated alkanes) is 1. The number of fused-ring (bicyclic) bond motifs is 1. The number of carbonyl (C=O) groups excluding carboxylic acids is 3. The summed E-state index contributed by atoms with van der Waals surface area (Å²) in [6.45, 7) is 4.77. The summed E-state index contributed by atoms with van der Waals surface area (Å²) < 4.78 is 0. The molecule has 1 heterocycles. The molecule has 2 N–H and O–H groups in total. The molecule has 0 atom stereocenters. The zero-order valence-electron chi connectivity index (χ0n) is 12.2. The van der Waals surface area contributed by atoms with Crippen LogP contribution in [0.3, 0.4) is 0 Å². The van der Waals surface area contributed by atoms with E-state index >= 15 is 0 Å². The van der Waals surface area contributed by atoms with E-state index in [4.69, 9.17) is 0 Å². The predicted octanol–water partition coefficient (Wildman–Crippen LogP) is 2.22. The van der Waals surface area contributed by atoms with Crippen molar-refractivity contribution < 1.29 is 14.4 Å². The lowest BCUT2D eigenvalue weighted by Crippen LogP contribution is -2.30. The van der Waals surface area contributed by atoms with Crippen molar-refractivity contribution in [3.63, 3.8) is 0 Å². The molecule has 1 aromatic carbocycles. The third-order valence-electron chi connectivity index (χ3n) is 3.30. The maximum atomic E-state index is 12.3. The molecule has 6 heteroatoms. The minimum atomic E-state index is -0.336. The second kappa shape index (κ2) is 6.39. The number of urea groups is 1. The number of rotatable bonds is 5. The van der Waals surface area contributed by atoms with Crippen molar-refractivity contribution in [2.24, 2.45) is 0 Å². The molecule has 0 unspecified atom stereocenters. The first-order valence-electron chi connectivity index (χ1n) is 7.13. The fraction of sp³-hybridized carbons (Fsp3) is 0.400. The minimum Gasteiger partial charge on any atom is -0.338 e. The van der Waals surface area contributed by atoms with E-state index in [0.29, 0.717) is 29.9 Å². The molecule has 1 aliphatic rings. The van der Waals surface area contributed by atoms with Crippen molar-refractivity contribution in [2.45, 2.75) is 26.7 Å². The van der Waals surface area contributed by atoms with Gasteiger partial charge >= 0.3 is 6.03 Å². The summed E-state index contributed by atoms with van der Waals surface area (Å²) in [5.41, 5.74) is 1.25. The van der Waals surface area contributed by atoms with Gasteiger partial charge < -0.3 is 10.6 Å². The average Bonchev–Trinajstić information content (AvgIpc) is 2.69. The van der Waals surface area contributed by atoms with Crippen LogP contribution in [-0.2, 0) is 0 Å². The van der Waals surface area contributed by atoms with Gasteiger partial charge in [-0.15, -0.1) is 0 Å². The molecule has 0 saturated carbocycles. The van der Waals surface area contributed by atoms with Gasteiger partial charge in [0.05, 0.1) is 11.1 Å². The Bertz CT molecular complexity index is 584. The lowest BCUT2D eigenvalue weighted by Gasteiger charge is -2.12.